The first-order valence-corrected chi connectivity index (χ1v) is 34.9. The lowest BCUT2D eigenvalue weighted by Gasteiger charge is -2.32. The first-order chi connectivity index (χ1) is 50.3. The quantitative estimate of drug-likeness (QED) is 0.0201. The first kappa shape index (κ1) is 85.3. The highest BCUT2D eigenvalue weighted by Crippen LogP contribution is 2.20. The molecule has 0 unspecified atom stereocenters. The molecule has 3 heterocycles. The number of allylic oxidation sites excluding steroid dienone is 1. The number of carbonyl (C=O) groups excluding carboxylic acids is 11. The van der Waals surface area contributed by atoms with Gasteiger partial charge in [0.15, 0.2) is 0 Å². The van der Waals surface area contributed by atoms with Gasteiger partial charge in [-0.2, -0.15) is 11.8 Å². The Morgan fingerprint density at radius 2 is 1.14 bits per heavy atom. The summed E-state index contributed by atoms with van der Waals surface area (Å²) in [6, 6.07) is 6.66. The summed E-state index contributed by atoms with van der Waals surface area (Å²) in [5, 5.41) is 63.7. The lowest BCUT2D eigenvalue weighted by molar-refractivity contribution is -0.140. The Morgan fingerprint density at radius 3 is 1.68 bits per heavy atom. The van der Waals surface area contributed by atoms with E-state index in [1.807, 2.05) is 6.26 Å². The second-order valence-electron chi connectivity index (χ2n) is 25.3. The summed E-state index contributed by atoms with van der Waals surface area (Å²) < 4.78 is 0. The Morgan fingerprint density at radius 1 is 0.594 bits per heavy atom. The van der Waals surface area contributed by atoms with Crippen molar-refractivity contribution in [3.8, 4) is 0 Å². The van der Waals surface area contributed by atoms with Crippen LogP contribution < -0.4 is 58.9 Å². The van der Waals surface area contributed by atoms with Gasteiger partial charge in [0.2, 0.25) is 41.4 Å². The number of fused-ring (bicyclic) bond motifs is 1. The van der Waals surface area contributed by atoms with Crippen LogP contribution in [0, 0.1) is 11.8 Å². The van der Waals surface area contributed by atoms with Gasteiger partial charge in [-0.1, -0.05) is 58.5 Å². The predicted molar refractivity (Wildman–Crippen MR) is 385 cm³/mol. The molecule has 1 saturated heterocycles. The zero-order valence-corrected chi connectivity index (χ0v) is 60.1. The minimum Gasteiger partial charge on any atom is -0.481 e. The number of imidazole rings is 1. The minimum absolute atomic E-state index is 0.108. The number of benzene rings is 2. The summed E-state index contributed by atoms with van der Waals surface area (Å²) in [4.78, 5) is 213. The van der Waals surface area contributed by atoms with Gasteiger partial charge in [0.1, 0.15) is 35.6 Å². The Bertz CT molecular complexity index is 3850. The molecule has 37 nitrogen and oxygen atoms in total. The number of para-hydroxylation sites is 1. The summed E-state index contributed by atoms with van der Waals surface area (Å²) in [6.45, 7) is 8.93. The van der Waals surface area contributed by atoms with Crippen molar-refractivity contribution in [2.75, 3.05) is 109 Å². The molecule has 1 aliphatic rings. The number of carboxylic acids is 4. The zero-order valence-electron chi connectivity index (χ0n) is 59.2. The maximum Gasteiger partial charge on any atom is 0.317 e. The standard InChI is InChI=1S/C68H92N18O19S/c1-39(2)27-50(66(103)78-48(61(69)98)17-26-106-6)80-67(104)52(29-45-31-70-38-74-45)77-54(88)33-73-68(105)60(40(3)4)82-62(99)41(5)75-65(102)51(28-43-30-71-47-10-8-7-9-46(43)47)81-64(101)49(15-16-56(90)91)79-63(100)42-11-13-44(14-12-42)76-53(87)32-72-55(89)34-83-18-20-84(35-57(92)93)22-24-86(37-59(96)97)25-23-85(21-19-83)36-58(94)95/h7-15,27,30-31,38-40,48,51-52,60,71H,5,16-26,28-29,32-37H2,1-4,6H3,(H2,69,98)(H,70,74)(H,72,89)(H,73,105)(H,75,102)(H,76,87)(H,77,88)(H,78,103)(H,79,100)(H,80,104)(H,81,101)(H,82,99)(H,90,91)(H,92,93)(H,94,95)(H,96,97)/b49-15+,50-27+/t48-,51-,52-,60-/m0/s1. The molecule has 11 amide bonds. The molecule has 38 heteroatoms. The highest BCUT2D eigenvalue weighted by molar-refractivity contribution is 7.98. The van der Waals surface area contributed by atoms with E-state index >= 15 is 0 Å². The van der Waals surface area contributed by atoms with Crippen LogP contribution in [-0.2, 0) is 80.0 Å². The van der Waals surface area contributed by atoms with Gasteiger partial charge in [-0.05, 0) is 72.2 Å². The van der Waals surface area contributed by atoms with E-state index < -0.39 is 150 Å². The van der Waals surface area contributed by atoms with Gasteiger partial charge < -0.3 is 89.3 Å². The number of thioether (sulfide) groups is 1. The Balaban J connectivity index is 1.22. The van der Waals surface area contributed by atoms with Crippen molar-refractivity contribution in [3.05, 3.63) is 120 Å². The van der Waals surface area contributed by atoms with Crippen molar-refractivity contribution in [2.45, 2.75) is 77.5 Å². The van der Waals surface area contributed by atoms with E-state index in [0.29, 0.717) is 27.9 Å². The van der Waals surface area contributed by atoms with Gasteiger partial charge in [-0.25, -0.2) is 4.98 Å². The van der Waals surface area contributed by atoms with E-state index in [0.717, 1.165) is 6.08 Å². The number of primary amides is 1. The number of aliphatic carboxylic acids is 4. The number of nitrogens with one attached hydrogen (secondary N) is 12. The fraction of sp³-hybridized carbons (Fsp3) is 0.441. The number of hydrogen-bond donors (Lipinski definition) is 17. The maximum absolute atomic E-state index is 14.3. The van der Waals surface area contributed by atoms with Crippen molar-refractivity contribution in [1.82, 2.24) is 82.4 Å². The molecule has 0 radical (unpaired) electrons. The summed E-state index contributed by atoms with van der Waals surface area (Å²) >= 11 is 1.43. The number of aromatic nitrogens is 3. The minimum atomic E-state index is -1.60. The SMILES string of the molecule is C=C(NC(=O)[C@H](Cc1c[nH]c2ccccc12)NC(=O)/C(=C\CC(=O)O)NC(=O)c1ccc(NC(=O)CNC(=O)CN2CCN(CC(=O)O)CCN(CC(=O)O)CCN(CC(=O)O)CC2)cc1)C(=O)N[C@H](C(=O)NCC(=O)N[C@@H](Cc1cnc[nH]1)C(=O)N/C(=C/C(C)C)C(=O)N[C@@H](CCSC)C(N)=O)C(C)C. The highest BCUT2D eigenvalue weighted by Gasteiger charge is 2.32. The van der Waals surface area contributed by atoms with Gasteiger partial charge in [0.25, 0.3) is 23.6 Å². The number of aromatic amines is 2. The van der Waals surface area contributed by atoms with Crippen molar-refractivity contribution in [1.29, 1.82) is 0 Å². The van der Waals surface area contributed by atoms with Crippen LogP contribution >= 0.6 is 11.8 Å². The number of hydrogen-bond acceptors (Lipinski definition) is 21. The molecule has 1 fully saturated rings. The van der Waals surface area contributed by atoms with E-state index in [-0.39, 0.29) is 121 Å². The van der Waals surface area contributed by atoms with Crippen molar-refractivity contribution >= 4 is 117 Å². The summed E-state index contributed by atoms with van der Waals surface area (Å²) in [7, 11) is 0. The summed E-state index contributed by atoms with van der Waals surface area (Å²) in [5.41, 5.74) is 5.64. The second kappa shape index (κ2) is 43.1. The Labute approximate surface area is 613 Å². The molecule has 4 aromatic rings. The molecule has 2 aromatic carbocycles. The molecule has 2 aromatic heterocycles. The van der Waals surface area contributed by atoms with Crippen LogP contribution in [0.4, 0.5) is 5.69 Å². The highest BCUT2D eigenvalue weighted by atomic mass is 32.2. The van der Waals surface area contributed by atoms with Gasteiger partial charge in [0, 0.05) is 105 Å². The fourth-order valence-corrected chi connectivity index (χ4v) is 11.0. The molecule has 0 saturated carbocycles. The maximum atomic E-state index is 14.3. The number of carboxylic acid groups (broad SMARTS) is 4. The van der Waals surface area contributed by atoms with Crippen LogP contribution in [0.2, 0.25) is 0 Å². The third-order valence-electron chi connectivity index (χ3n) is 16.0. The molecule has 1 aliphatic heterocycles. The van der Waals surface area contributed by atoms with Gasteiger partial charge in [-0.3, -0.25) is 91.5 Å². The predicted octanol–water partition coefficient (Wildman–Crippen LogP) is -2.77. The summed E-state index contributed by atoms with van der Waals surface area (Å²) in [6.07, 6.45) is 7.41. The molecule has 106 heavy (non-hydrogen) atoms. The topological polar surface area (TPSA) is 541 Å². The number of carbonyl (C=O) groups is 15. The molecular formula is C68H92N18O19S. The van der Waals surface area contributed by atoms with Crippen LogP contribution in [0.1, 0.15) is 62.2 Å². The van der Waals surface area contributed by atoms with Gasteiger partial charge in [-0.15, -0.1) is 0 Å². The van der Waals surface area contributed by atoms with E-state index in [1.54, 1.807) is 77.8 Å². The molecule has 574 valence electrons. The third-order valence-corrected chi connectivity index (χ3v) is 16.7. The molecular weight excluding hydrogens is 1400 g/mol. The average Bonchev–Trinajstić information content (AvgIpc) is 1.63. The molecule has 0 bridgehead atoms. The lowest BCUT2D eigenvalue weighted by atomic mass is 10.0. The number of nitrogens with zero attached hydrogens (tertiary/aromatic N) is 5. The number of nitrogens with two attached hydrogens (primary N) is 1. The van der Waals surface area contributed by atoms with Gasteiger partial charge >= 0.3 is 23.9 Å². The van der Waals surface area contributed by atoms with Crippen LogP contribution in [0.25, 0.3) is 10.9 Å². The van der Waals surface area contributed by atoms with Crippen LogP contribution in [0.15, 0.2) is 103 Å². The fourth-order valence-electron chi connectivity index (χ4n) is 10.6. The van der Waals surface area contributed by atoms with Crippen molar-refractivity contribution in [2.24, 2.45) is 17.6 Å². The van der Waals surface area contributed by atoms with Crippen LogP contribution in [-0.4, -0.2) is 272 Å². The Hall–Kier alpha value is -11.3. The van der Waals surface area contributed by atoms with E-state index in [2.05, 4.69) is 74.7 Å². The smallest absolute Gasteiger partial charge is 0.317 e. The van der Waals surface area contributed by atoms with Crippen LogP contribution in [0.3, 0.4) is 0 Å². The van der Waals surface area contributed by atoms with Gasteiger partial charge in [0.05, 0.1) is 57.7 Å². The van der Waals surface area contributed by atoms with Crippen LogP contribution in [0.5, 0.6) is 0 Å². The first-order valence-electron chi connectivity index (χ1n) is 33.5. The number of amides is 11. The van der Waals surface area contributed by atoms with Crippen molar-refractivity contribution in [3.63, 3.8) is 0 Å². The third kappa shape index (κ3) is 30.2. The molecule has 0 spiro atoms. The number of H-pyrrole nitrogens is 2. The lowest BCUT2D eigenvalue weighted by Crippen LogP contribution is -2.55. The largest absolute Gasteiger partial charge is 0.481 e. The average molecular weight is 1500 g/mol. The zero-order chi connectivity index (χ0) is 78.2. The van der Waals surface area contributed by atoms with E-state index in [9.17, 15) is 92.3 Å². The monoisotopic (exact) mass is 1500 g/mol. The molecule has 5 rings (SSSR count). The number of anilines is 1. The van der Waals surface area contributed by atoms with Crippen molar-refractivity contribution < 1.29 is 92.3 Å². The molecule has 4 atom stereocenters. The molecule has 18 N–H and O–H groups in total. The number of rotatable bonds is 39. The second-order valence-corrected chi connectivity index (χ2v) is 26.2. The normalized spacial score (nSPS) is 14.8. The summed E-state index contributed by atoms with van der Waals surface area (Å²) in [5.74, 6) is -15.0. The Kier molecular flexibility index (Phi) is 34.6. The van der Waals surface area contributed by atoms with E-state index in [4.69, 9.17) is 5.73 Å². The molecule has 0 aliphatic carbocycles. The van der Waals surface area contributed by atoms with E-state index in [1.165, 1.54) is 54.6 Å².